The number of aliphatic hydroxyl groups excluding tert-OH is 7. The van der Waals surface area contributed by atoms with Crippen LogP contribution in [0.5, 0.6) is 0 Å². The highest BCUT2D eigenvalue weighted by molar-refractivity contribution is 5.80. The zero-order valence-electron chi connectivity index (χ0n) is 41.0. The van der Waals surface area contributed by atoms with Crippen molar-refractivity contribution in [3.63, 3.8) is 0 Å². The lowest BCUT2D eigenvalue weighted by molar-refractivity contribution is -0.303. The molecule has 1 aliphatic rings. The highest BCUT2D eigenvalue weighted by atomic mass is 16.7. The zero-order chi connectivity index (χ0) is 46.9. The third kappa shape index (κ3) is 31.5. The minimum absolute atomic E-state index is 0.249. The predicted molar refractivity (Wildman–Crippen MR) is 261 cm³/mol. The first-order valence-electron chi connectivity index (χ1n) is 26.7. The van der Waals surface area contributed by atoms with Crippen LogP contribution in [0.15, 0.2) is 24.3 Å². The van der Waals surface area contributed by atoms with Crippen molar-refractivity contribution in [2.45, 2.75) is 294 Å². The van der Waals surface area contributed by atoms with Crippen molar-refractivity contribution in [2.24, 2.45) is 0 Å². The van der Waals surface area contributed by atoms with E-state index in [0.717, 1.165) is 38.5 Å². The molecule has 378 valence electrons. The van der Waals surface area contributed by atoms with Gasteiger partial charge in [0.15, 0.2) is 6.29 Å². The molecule has 11 nitrogen and oxygen atoms in total. The van der Waals surface area contributed by atoms with Gasteiger partial charge in [-0.25, -0.2) is 0 Å². The fourth-order valence-corrected chi connectivity index (χ4v) is 8.58. The van der Waals surface area contributed by atoms with E-state index < -0.39 is 74.2 Å². The maximum absolute atomic E-state index is 13.1. The summed E-state index contributed by atoms with van der Waals surface area (Å²) in [5.41, 5.74) is 0. The Kier molecular flexibility index (Phi) is 40.6. The molecule has 9 atom stereocenters. The second-order valence-electron chi connectivity index (χ2n) is 18.9. The monoisotopic (exact) mass is 912 g/mol. The molecule has 1 fully saturated rings. The van der Waals surface area contributed by atoms with E-state index in [2.05, 4.69) is 43.5 Å². The molecule has 0 aromatic rings. The molecule has 8 N–H and O–H groups in total. The largest absolute Gasteiger partial charge is 0.394 e. The number of allylic oxidation sites excluding steroid dienone is 4. The third-order valence-corrected chi connectivity index (χ3v) is 13.0. The Hall–Kier alpha value is -1.41. The highest BCUT2D eigenvalue weighted by Gasteiger charge is 2.44. The lowest BCUT2D eigenvalue weighted by Crippen LogP contribution is -2.60. The number of unbranched alkanes of at least 4 members (excludes halogenated alkanes) is 29. The molecule has 0 spiro atoms. The van der Waals surface area contributed by atoms with Crippen LogP contribution < -0.4 is 5.32 Å². The smallest absolute Gasteiger partial charge is 0.249 e. The Morgan fingerprint density at radius 3 is 1.39 bits per heavy atom. The Labute approximate surface area is 391 Å². The summed E-state index contributed by atoms with van der Waals surface area (Å²) in [5, 5.41) is 75.8. The number of nitrogens with one attached hydrogen (secondary N) is 1. The molecule has 0 saturated carbocycles. The summed E-state index contributed by atoms with van der Waals surface area (Å²) in [6.07, 6.45) is 38.2. The minimum Gasteiger partial charge on any atom is -0.394 e. The first kappa shape index (κ1) is 60.6. The SMILES string of the molecule is CCCCCCCCCCCCCCCCCC/C=C/CC/C=C/CCCC(O)C(O)C(COC1OC(CO)C(O)C(O)C1O)NC(=O)C(O)CCCCCCCCCCCCCC. The molecule has 0 aromatic heterocycles. The summed E-state index contributed by atoms with van der Waals surface area (Å²) in [6.45, 7) is 3.43. The average molecular weight is 912 g/mol. The number of amides is 1. The molecule has 1 heterocycles. The van der Waals surface area contributed by atoms with E-state index in [-0.39, 0.29) is 12.8 Å². The number of carbonyl (C=O) groups is 1. The molecule has 0 aliphatic carbocycles. The number of aliphatic hydroxyl groups is 7. The van der Waals surface area contributed by atoms with Crippen molar-refractivity contribution in [3.05, 3.63) is 24.3 Å². The molecule has 1 saturated heterocycles. The Morgan fingerprint density at radius 1 is 0.531 bits per heavy atom. The van der Waals surface area contributed by atoms with Crippen LogP contribution in [0.4, 0.5) is 0 Å². The second-order valence-corrected chi connectivity index (χ2v) is 18.9. The van der Waals surface area contributed by atoms with Crippen molar-refractivity contribution < 1.29 is 50.0 Å². The van der Waals surface area contributed by atoms with Crippen molar-refractivity contribution >= 4 is 5.91 Å². The van der Waals surface area contributed by atoms with Gasteiger partial charge in [-0.15, -0.1) is 0 Å². The normalized spacial score (nSPS) is 21.2. The Morgan fingerprint density at radius 2 is 0.938 bits per heavy atom. The van der Waals surface area contributed by atoms with E-state index >= 15 is 0 Å². The van der Waals surface area contributed by atoms with Gasteiger partial charge in [-0.2, -0.15) is 0 Å². The maximum Gasteiger partial charge on any atom is 0.249 e. The van der Waals surface area contributed by atoms with Crippen molar-refractivity contribution in [3.8, 4) is 0 Å². The minimum atomic E-state index is -1.67. The van der Waals surface area contributed by atoms with Crippen LogP contribution in [0.2, 0.25) is 0 Å². The summed E-state index contributed by atoms with van der Waals surface area (Å²) in [7, 11) is 0. The van der Waals surface area contributed by atoms with Gasteiger partial charge in [-0.1, -0.05) is 212 Å². The molecule has 0 radical (unpaired) electrons. The van der Waals surface area contributed by atoms with Crippen molar-refractivity contribution in [2.75, 3.05) is 13.2 Å². The molecule has 1 amide bonds. The number of carbonyl (C=O) groups excluding carboxylic acids is 1. The first-order chi connectivity index (χ1) is 31.2. The van der Waals surface area contributed by atoms with Crippen LogP contribution in [-0.4, -0.2) is 110 Å². The molecule has 0 bridgehead atoms. The summed E-state index contributed by atoms with van der Waals surface area (Å²) in [6, 6.07) is -1.19. The molecule has 1 rings (SSSR count). The fourth-order valence-electron chi connectivity index (χ4n) is 8.58. The molecular formula is C53H101NO10. The average Bonchev–Trinajstić information content (AvgIpc) is 3.29. The third-order valence-electron chi connectivity index (χ3n) is 13.0. The second kappa shape index (κ2) is 42.9. The summed E-state index contributed by atoms with van der Waals surface area (Å²) in [5.74, 6) is -0.710. The van der Waals surface area contributed by atoms with Crippen LogP contribution in [0.3, 0.4) is 0 Å². The maximum atomic E-state index is 13.1. The standard InChI is InChI=1S/C53H101NO10/c1-3-5-7-9-11-13-15-17-18-19-20-21-22-23-24-25-26-27-28-29-31-32-34-36-38-40-45(56)48(58)44(43-63-53-51(61)50(60)49(59)47(42-55)64-53)54-52(62)46(57)41-39-37-35-33-30-16-14-12-10-8-6-4-2/h27-28,32,34,44-51,53,55-61H,3-26,29-31,33,35-43H2,1-2H3,(H,54,62)/b28-27+,34-32+. The van der Waals surface area contributed by atoms with Gasteiger partial charge < -0.3 is 50.5 Å². The molecule has 64 heavy (non-hydrogen) atoms. The van der Waals surface area contributed by atoms with Crippen LogP contribution in [0.1, 0.15) is 239 Å². The molecule has 11 heteroatoms. The van der Waals surface area contributed by atoms with Crippen LogP contribution in [0.25, 0.3) is 0 Å². The van der Waals surface area contributed by atoms with Gasteiger partial charge in [-0.05, 0) is 51.4 Å². The van der Waals surface area contributed by atoms with Crippen molar-refractivity contribution in [1.29, 1.82) is 0 Å². The zero-order valence-corrected chi connectivity index (χ0v) is 41.0. The van der Waals surface area contributed by atoms with Crippen LogP contribution in [-0.2, 0) is 14.3 Å². The van der Waals surface area contributed by atoms with Crippen molar-refractivity contribution in [1.82, 2.24) is 5.32 Å². The summed E-state index contributed by atoms with van der Waals surface area (Å²) in [4.78, 5) is 13.1. The van der Waals surface area contributed by atoms with Gasteiger partial charge in [0.25, 0.3) is 0 Å². The molecule has 0 aromatic carbocycles. The summed E-state index contributed by atoms with van der Waals surface area (Å²) >= 11 is 0. The Balaban J connectivity index is 2.35. The first-order valence-corrected chi connectivity index (χ1v) is 26.7. The quantitative estimate of drug-likeness (QED) is 0.0216. The number of ether oxygens (including phenoxy) is 2. The fraction of sp³-hybridized carbons (Fsp3) is 0.906. The van der Waals surface area contributed by atoms with Gasteiger partial charge in [0, 0.05) is 0 Å². The van der Waals surface area contributed by atoms with E-state index in [0.29, 0.717) is 19.3 Å². The van der Waals surface area contributed by atoms with Gasteiger partial charge in [-0.3, -0.25) is 4.79 Å². The van der Waals surface area contributed by atoms with E-state index in [4.69, 9.17) is 9.47 Å². The lowest BCUT2D eigenvalue weighted by Gasteiger charge is -2.40. The van der Waals surface area contributed by atoms with E-state index in [1.165, 1.54) is 154 Å². The lowest BCUT2D eigenvalue weighted by atomic mass is 9.98. The Bertz CT molecular complexity index is 1090. The van der Waals surface area contributed by atoms with E-state index in [9.17, 15) is 40.5 Å². The highest BCUT2D eigenvalue weighted by Crippen LogP contribution is 2.23. The van der Waals surface area contributed by atoms with E-state index in [1.807, 2.05) is 0 Å². The van der Waals surface area contributed by atoms with E-state index in [1.54, 1.807) is 0 Å². The molecule has 9 unspecified atom stereocenters. The van der Waals surface area contributed by atoms with Gasteiger partial charge in [0.2, 0.25) is 5.91 Å². The van der Waals surface area contributed by atoms with Gasteiger partial charge in [0.05, 0.1) is 25.4 Å². The topological polar surface area (TPSA) is 189 Å². The van der Waals surface area contributed by atoms with Gasteiger partial charge in [0.1, 0.15) is 36.6 Å². The predicted octanol–water partition coefficient (Wildman–Crippen LogP) is 10.2. The summed E-state index contributed by atoms with van der Waals surface area (Å²) < 4.78 is 11.1. The number of rotatable bonds is 45. The molecular weight excluding hydrogens is 811 g/mol. The van der Waals surface area contributed by atoms with Gasteiger partial charge >= 0.3 is 0 Å². The van der Waals surface area contributed by atoms with Crippen LogP contribution in [0, 0.1) is 0 Å². The number of hydrogen-bond donors (Lipinski definition) is 8. The molecule has 1 aliphatic heterocycles. The van der Waals surface area contributed by atoms with Crippen LogP contribution >= 0.6 is 0 Å². The number of hydrogen-bond acceptors (Lipinski definition) is 10.